The van der Waals surface area contributed by atoms with Gasteiger partial charge in [-0.25, -0.2) is 9.97 Å². The van der Waals surface area contributed by atoms with E-state index in [0.29, 0.717) is 10.3 Å². The predicted molar refractivity (Wildman–Crippen MR) is 207 cm³/mol. The largest absolute Gasteiger partial charge is 0.375 e. The van der Waals surface area contributed by atoms with Gasteiger partial charge in [0.2, 0.25) is 0 Å². The van der Waals surface area contributed by atoms with Crippen molar-refractivity contribution in [3.63, 3.8) is 0 Å². The van der Waals surface area contributed by atoms with E-state index in [0.717, 1.165) is 78.4 Å². The van der Waals surface area contributed by atoms with Gasteiger partial charge in [0.05, 0.1) is 22.8 Å². The molecule has 5 heterocycles. The number of fused-ring (bicyclic) bond motifs is 2. The quantitative estimate of drug-likeness (QED) is 0.186. The summed E-state index contributed by atoms with van der Waals surface area (Å²) in [6, 6.07) is 13.3. The Morgan fingerprint density at radius 3 is 1.85 bits per heavy atom. The van der Waals surface area contributed by atoms with E-state index in [9.17, 15) is 0 Å². The number of nitrogens with two attached hydrogens (primary N) is 2. The van der Waals surface area contributed by atoms with Gasteiger partial charge >= 0.3 is 0 Å². The van der Waals surface area contributed by atoms with Gasteiger partial charge in [-0.15, -0.1) is 22.7 Å². The number of halogens is 1. The monoisotopic (exact) mass is 743 g/mol. The zero-order valence-corrected chi connectivity index (χ0v) is 30.0. The molecule has 8 nitrogen and oxygen atoms in total. The summed E-state index contributed by atoms with van der Waals surface area (Å²) in [7, 11) is 2.20. The van der Waals surface area contributed by atoms with Crippen molar-refractivity contribution in [2.45, 2.75) is 40.7 Å². The molecule has 0 radical (unpaired) electrons. The molecular weight excluding hydrogens is 701 g/mol. The minimum absolute atomic E-state index is 0. The number of benzene rings is 1. The molecule has 1 aliphatic heterocycles. The number of allylic oxidation sites excluding steroid dienone is 2. The number of nitrogen functional groups attached to an aromatic ring is 2. The van der Waals surface area contributed by atoms with Crippen molar-refractivity contribution in [2.75, 3.05) is 44.7 Å². The summed E-state index contributed by atoms with van der Waals surface area (Å²) in [5, 5.41) is 5.27. The van der Waals surface area contributed by atoms with Crippen LogP contribution < -0.4 is 11.5 Å². The van der Waals surface area contributed by atoms with Crippen LogP contribution in [0.3, 0.4) is 0 Å². The molecule has 4 N–H and O–H groups in total. The number of aromatic nitrogens is 4. The van der Waals surface area contributed by atoms with Crippen LogP contribution in [0.2, 0.25) is 0 Å². The van der Waals surface area contributed by atoms with E-state index in [-0.39, 0.29) is 8.85 Å². The summed E-state index contributed by atoms with van der Waals surface area (Å²) in [5.74, 6) is 0. The van der Waals surface area contributed by atoms with Crippen molar-refractivity contribution >= 4 is 60.0 Å². The van der Waals surface area contributed by atoms with Crippen LogP contribution in [0, 0.1) is 0 Å². The Kier molecular flexibility index (Phi) is 10.2. The number of rotatable bonds is 5. The Morgan fingerprint density at radius 1 is 0.771 bits per heavy atom. The molecule has 0 saturated carbocycles. The fourth-order valence-electron chi connectivity index (χ4n) is 6.56. The van der Waals surface area contributed by atoms with Crippen molar-refractivity contribution in [3.05, 3.63) is 115 Å². The number of likely N-dealkylation sites (N-methyl/N-ethyl adjacent to an activating group) is 1. The van der Waals surface area contributed by atoms with Crippen molar-refractivity contribution in [1.82, 2.24) is 29.7 Å². The second kappa shape index (κ2) is 14.4. The highest BCUT2D eigenvalue weighted by Crippen LogP contribution is 2.40. The van der Waals surface area contributed by atoms with Crippen LogP contribution in [0.4, 0.5) is 10.3 Å². The zero-order chi connectivity index (χ0) is 32.7. The van der Waals surface area contributed by atoms with Crippen LogP contribution in [0.25, 0.3) is 22.3 Å². The van der Waals surface area contributed by atoms with Gasteiger partial charge < -0.3 is 16.4 Å². The summed E-state index contributed by atoms with van der Waals surface area (Å²) in [6.07, 6.45) is 5.62. The van der Waals surface area contributed by atoms with Crippen molar-refractivity contribution in [2.24, 2.45) is 0 Å². The Bertz CT molecular complexity index is 2010. The van der Waals surface area contributed by atoms with Crippen LogP contribution in [-0.2, 0) is 19.4 Å². The van der Waals surface area contributed by atoms with Crippen molar-refractivity contribution < 1.29 is 1.43 Å². The molecule has 3 aliphatic rings. The molecule has 0 atom stereocenters. The van der Waals surface area contributed by atoms with E-state index in [1.807, 2.05) is 23.2 Å². The number of pyridine rings is 2. The average Bonchev–Trinajstić information content (AvgIpc) is 3.83. The third-order valence-electron chi connectivity index (χ3n) is 9.01. The lowest BCUT2D eigenvalue weighted by Gasteiger charge is -2.32. The molecule has 48 heavy (non-hydrogen) atoms. The summed E-state index contributed by atoms with van der Waals surface area (Å²) < 4.78 is 0.992. The number of nitrogens with zero attached hydrogens (tertiary/aromatic N) is 6. The maximum Gasteiger partial charge on any atom is 0.180 e. The number of hydrogen-bond acceptors (Lipinski definition) is 10. The fourth-order valence-corrected chi connectivity index (χ4v) is 8.00. The van der Waals surface area contributed by atoms with Gasteiger partial charge in [0, 0.05) is 102 Å². The third-order valence-corrected chi connectivity index (χ3v) is 10.8. The van der Waals surface area contributed by atoms with E-state index in [2.05, 4.69) is 98.0 Å². The van der Waals surface area contributed by atoms with Crippen LogP contribution >= 0.6 is 38.6 Å². The molecule has 4 aromatic heterocycles. The molecule has 1 saturated heterocycles. The molecular formula is C37H43BrN8S2. The van der Waals surface area contributed by atoms with Crippen molar-refractivity contribution in [3.8, 4) is 11.1 Å². The molecule has 0 bridgehead atoms. The Hall–Kier alpha value is -3.74. The van der Waals surface area contributed by atoms with E-state index in [1.165, 1.54) is 67.2 Å². The van der Waals surface area contributed by atoms with Crippen LogP contribution in [-0.4, -0.2) is 63.0 Å². The SMILES string of the molecule is C.CC1=C(c2csc(N)n2)c2cc(-c3ccc(CN4CCN(C)CC4)cc3)cnc2C1.CC1=C(c2csc(N)n2)c2cc(Br)cnc2C1.[2HH]. The first-order valence-electron chi connectivity index (χ1n) is 15.7. The zero-order valence-electron chi connectivity index (χ0n) is 26.8. The number of piperazine rings is 1. The van der Waals surface area contributed by atoms with E-state index >= 15 is 0 Å². The maximum atomic E-state index is 5.88. The van der Waals surface area contributed by atoms with E-state index < -0.39 is 0 Å². The molecule has 0 unspecified atom stereocenters. The highest BCUT2D eigenvalue weighted by molar-refractivity contribution is 9.10. The number of thiazole rings is 2. The van der Waals surface area contributed by atoms with Crippen LogP contribution in [0.1, 0.15) is 62.2 Å². The molecule has 2 aliphatic carbocycles. The van der Waals surface area contributed by atoms with Crippen LogP contribution in [0.5, 0.6) is 0 Å². The highest BCUT2D eigenvalue weighted by Gasteiger charge is 2.25. The Labute approximate surface area is 300 Å². The summed E-state index contributed by atoms with van der Waals surface area (Å²) in [4.78, 5) is 23.0. The van der Waals surface area contributed by atoms with E-state index in [1.54, 1.807) is 0 Å². The standard InChI is InChI=1S/C24H27N5S.C12H10BrN3S.CH4.H2/c1-16-11-21-20(23(16)22-15-30-24(25)27-22)12-19(13-26-21)18-5-3-17(4-6-18)14-29-9-7-28(2)8-10-29;1-6-2-9-8(3-7(13)4-15-9)11(6)10-5-17-12(14)16-10;;/h3-6,12-13,15H,7-11,14H2,1-2H3,(H2,25,27);3-5H,2H2,1H3,(H2,14,16);1H4;1H/i;;;1+1. The van der Waals surface area contributed by atoms with Gasteiger partial charge in [0.1, 0.15) is 0 Å². The van der Waals surface area contributed by atoms with Gasteiger partial charge in [-0.1, -0.05) is 42.8 Å². The van der Waals surface area contributed by atoms with E-state index in [4.69, 9.17) is 16.5 Å². The second-order valence-corrected chi connectivity index (χ2v) is 15.1. The fraction of sp³-hybridized carbons (Fsp3) is 0.297. The minimum Gasteiger partial charge on any atom is -0.375 e. The second-order valence-electron chi connectivity index (χ2n) is 12.4. The molecule has 11 heteroatoms. The lowest BCUT2D eigenvalue weighted by molar-refractivity contribution is 0.148. The third kappa shape index (κ3) is 7.16. The molecule has 250 valence electrons. The van der Waals surface area contributed by atoms with Gasteiger partial charge in [-0.05, 0) is 60.1 Å². The van der Waals surface area contributed by atoms with Gasteiger partial charge in [-0.2, -0.15) is 0 Å². The molecule has 0 spiro atoms. The number of anilines is 2. The lowest BCUT2D eigenvalue weighted by Crippen LogP contribution is -2.43. The maximum absolute atomic E-state index is 5.88. The number of hydrogen-bond donors (Lipinski definition) is 2. The topological polar surface area (TPSA) is 110 Å². The predicted octanol–water partition coefficient (Wildman–Crippen LogP) is 8.06. The molecule has 8 rings (SSSR count). The van der Waals surface area contributed by atoms with Crippen molar-refractivity contribution in [1.29, 1.82) is 0 Å². The first-order chi connectivity index (χ1) is 22.7. The highest BCUT2D eigenvalue weighted by atomic mass is 79.9. The van der Waals surface area contributed by atoms with Crippen LogP contribution in [0.15, 0.2) is 75.2 Å². The normalized spacial score (nSPS) is 16.0. The first kappa shape index (κ1) is 34.1. The smallest absolute Gasteiger partial charge is 0.180 e. The summed E-state index contributed by atoms with van der Waals surface area (Å²) in [6.45, 7) is 9.90. The molecule has 1 aromatic carbocycles. The average molecular weight is 745 g/mol. The van der Waals surface area contributed by atoms with Gasteiger partial charge in [0.15, 0.2) is 10.3 Å². The molecule has 0 amide bonds. The van der Waals surface area contributed by atoms with Gasteiger partial charge in [0.25, 0.3) is 0 Å². The lowest BCUT2D eigenvalue weighted by atomic mass is 9.99. The molecule has 1 fully saturated rings. The molecule has 5 aromatic rings. The first-order valence-corrected chi connectivity index (χ1v) is 18.2. The summed E-state index contributed by atoms with van der Waals surface area (Å²) in [5.41, 5.74) is 26.8. The Morgan fingerprint density at radius 2 is 1.31 bits per heavy atom. The van der Waals surface area contributed by atoms with Gasteiger partial charge in [-0.3, -0.25) is 14.9 Å². The minimum atomic E-state index is 0. The summed E-state index contributed by atoms with van der Waals surface area (Å²) >= 11 is 6.42. The Balaban J connectivity index is 0.000000211.